The monoisotopic (exact) mass is 319 g/mol. The third kappa shape index (κ3) is 4.13. The van der Waals surface area contributed by atoms with Crippen molar-refractivity contribution in [1.82, 2.24) is 15.0 Å². The summed E-state index contributed by atoms with van der Waals surface area (Å²) in [6, 6.07) is 13.1. The molecule has 0 fully saturated rings. The van der Waals surface area contributed by atoms with Gasteiger partial charge in [0.1, 0.15) is 17.8 Å². The highest BCUT2D eigenvalue weighted by Crippen LogP contribution is 2.12. The minimum Gasteiger partial charge on any atom is -0.366 e. The van der Waals surface area contributed by atoms with Crippen LogP contribution in [-0.4, -0.2) is 20.9 Å². The molecule has 3 rings (SSSR count). The Morgan fingerprint density at radius 3 is 2.83 bits per heavy atom. The molecule has 3 aromatic rings. The van der Waals surface area contributed by atoms with Crippen LogP contribution in [0.1, 0.15) is 21.6 Å². The van der Waals surface area contributed by atoms with Crippen molar-refractivity contribution in [2.75, 3.05) is 10.6 Å². The first-order valence-electron chi connectivity index (χ1n) is 7.53. The maximum atomic E-state index is 12.3. The number of aryl methyl sites for hydroxylation is 1. The summed E-state index contributed by atoms with van der Waals surface area (Å²) < 4.78 is 0. The predicted octanol–water partition coefficient (Wildman–Crippen LogP) is 3.04. The Morgan fingerprint density at radius 2 is 2.04 bits per heavy atom. The van der Waals surface area contributed by atoms with Crippen molar-refractivity contribution in [1.29, 1.82) is 0 Å². The standard InChI is InChI=1S/C18H17N5O/c1-13-4-2-6-15(8-13)23-18(24)16-9-17(22-12-21-16)20-11-14-5-3-7-19-10-14/h2-10,12H,11H2,1H3,(H,23,24)(H,20,21,22). The molecule has 6 heteroatoms. The zero-order chi connectivity index (χ0) is 16.8. The van der Waals surface area contributed by atoms with Crippen LogP contribution in [0.15, 0.2) is 61.2 Å². The molecule has 0 bridgehead atoms. The average molecular weight is 319 g/mol. The molecule has 0 aliphatic rings. The summed E-state index contributed by atoms with van der Waals surface area (Å²) in [6.45, 7) is 2.55. The molecule has 0 saturated heterocycles. The number of amides is 1. The van der Waals surface area contributed by atoms with Gasteiger partial charge in [-0.25, -0.2) is 9.97 Å². The minimum absolute atomic E-state index is 0.271. The van der Waals surface area contributed by atoms with Crippen LogP contribution in [0, 0.1) is 6.92 Å². The van der Waals surface area contributed by atoms with E-state index in [1.807, 2.05) is 43.3 Å². The molecule has 1 aromatic carbocycles. The van der Waals surface area contributed by atoms with Crippen molar-refractivity contribution in [2.24, 2.45) is 0 Å². The van der Waals surface area contributed by atoms with Crippen LogP contribution < -0.4 is 10.6 Å². The van der Waals surface area contributed by atoms with Crippen LogP contribution in [-0.2, 0) is 6.54 Å². The van der Waals surface area contributed by atoms with Gasteiger partial charge >= 0.3 is 0 Å². The van der Waals surface area contributed by atoms with Crippen LogP contribution >= 0.6 is 0 Å². The van der Waals surface area contributed by atoms with E-state index in [1.54, 1.807) is 18.5 Å². The number of nitrogens with one attached hydrogen (secondary N) is 2. The molecule has 2 aromatic heterocycles. The number of hydrogen-bond acceptors (Lipinski definition) is 5. The van der Waals surface area contributed by atoms with Crippen LogP contribution in [0.3, 0.4) is 0 Å². The molecule has 2 heterocycles. The van der Waals surface area contributed by atoms with Crippen molar-refractivity contribution in [3.63, 3.8) is 0 Å². The summed E-state index contributed by atoms with van der Waals surface area (Å²) in [5, 5.41) is 5.99. The first-order valence-corrected chi connectivity index (χ1v) is 7.53. The first-order chi connectivity index (χ1) is 11.7. The van der Waals surface area contributed by atoms with Crippen LogP contribution in [0.25, 0.3) is 0 Å². The van der Waals surface area contributed by atoms with Gasteiger partial charge in [-0.15, -0.1) is 0 Å². The Morgan fingerprint density at radius 1 is 1.12 bits per heavy atom. The lowest BCUT2D eigenvalue weighted by Gasteiger charge is -2.08. The van der Waals surface area contributed by atoms with E-state index in [2.05, 4.69) is 25.6 Å². The van der Waals surface area contributed by atoms with E-state index in [0.29, 0.717) is 18.1 Å². The Kier molecular flexibility index (Phi) is 4.76. The fourth-order valence-corrected chi connectivity index (χ4v) is 2.19. The molecule has 24 heavy (non-hydrogen) atoms. The maximum Gasteiger partial charge on any atom is 0.274 e. The molecule has 0 aliphatic heterocycles. The summed E-state index contributed by atoms with van der Waals surface area (Å²) in [4.78, 5) is 24.5. The molecule has 120 valence electrons. The van der Waals surface area contributed by atoms with Gasteiger partial charge in [-0.2, -0.15) is 0 Å². The van der Waals surface area contributed by atoms with Crippen molar-refractivity contribution < 1.29 is 4.79 Å². The molecule has 0 radical (unpaired) electrons. The third-order valence-corrected chi connectivity index (χ3v) is 3.37. The van der Waals surface area contributed by atoms with Crippen molar-refractivity contribution in [3.05, 3.63) is 78.0 Å². The van der Waals surface area contributed by atoms with Gasteiger partial charge in [-0.05, 0) is 36.2 Å². The first kappa shape index (κ1) is 15.6. The van der Waals surface area contributed by atoms with Gasteiger partial charge in [0, 0.05) is 30.7 Å². The van der Waals surface area contributed by atoms with Gasteiger partial charge < -0.3 is 10.6 Å². The largest absolute Gasteiger partial charge is 0.366 e. The number of benzene rings is 1. The Labute approximate surface area is 140 Å². The number of nitrogens with zero attached hydrogens (tertiary/aromatic N) is 3. The van der Waals surface area contributed by atoms with E-state index >= 15 is 0 Å². The van der Waals surface area contributed by atoms with Gasteiger partial charge in [0.2, 0.25) is 0 Å². The highest BCUT2D eigenvalue weighted by atomic mass is 16.1. The molecule has 0 atom stereocenters. The van der Waals surface area contributed by atoms with Crippen LogP contribution in [0.2, 0.25) is 0 Å². The minimum atomic E-state index is -0.271. The topological polar surface area (TPSA) is 79.8 Å². The summed E-state index contributed by atoms with van der Waals surface area (Å²) >= 11 is 0. The highest BCUT2D eigenvalue weighted by Gasteiger charge is 2.09. The molecule has 0 spiro atoms. The lowest BCUT2D eigenvalue weighted by atomic mass is 10.2. The molecule has 2 N–H and O–H groups in total. The Hall–Kier alpha value is -3.28. The number of carbonyl (C=O) groups is 1. The summed E-state index contributed by atoms with van der Waals surface area (Å²) in [5.74, 6) is 0.315. The SMILES string of the molecule is Cc1cccc(NC(=O)c2cc(NCc3cccnc3)ncn2)c1. The fourth-order valence-electron chi connectivity index (χ4n) is 2.19. The summed E-state index contributed by atoms with van der Waals surface area (Å²) in [5.41, 5.74) is 3.15. The Bertz CT molecular complexity index is 836. The number of aromatic nitrogens is 3. The second-order valence-electron chi connectivity index (χ2n) is 5.33. The van der Waals surface area contributed by atoms with Crippen molar-refractivity contribution in [2.45, 2.75) is 13.5 Å². The normalized spacial score (nSPS) is 10.2. The number of anilines is 2. The number of rotatable bonds is 5. The smallest absolute Gasteiger partial charge is 0.274 e. The van der Waals surface area contributed by atoms with Gasteiger partial charge in [0.15, 0.2) is 0 Å². The molecule has 1 amide bonds. The summed E-state index contributed by atoms with van der Waals surface area (Å²) in [7, 11) is 0. The van der Waals surface area contributed by atoms with Gasteiger partial charge in [0.25, 0.3) is 5.91 Å². The maximum absolute atomic E-state index is 12.3. The average Bonchev–Trinajstić information content (AvgIpc) is 2.61. The van der Waals surface area contributed by atoms with E-state index in [-0.39, 0.29) is 5.91 Å². The zero-order valence-electron chi connectivity index (χ0n) is 13.2. The predicted molar refractivity (Wildman–Crippen MR) is 92.7 cm³/mol. The number of hydrogen-bond donors (Lipinski definition) is 2. The van der Waals surface area contributed by atoms with E-state index < -0.39 is 0 Å². The lowest BCUT2D eigenvalue weighted by Crippen LogP contribution is -2.14. The molecule has 0 aliphatic carbocycles. The van der Waals surface area contributed by atoms with E-state index in [4.69, 9.17) is 0 Å². The Balaban J connectivity index is 1.67. The lowest BCUT2D eigenvalue weighted by molar-refractivity contribution is 0.102. The van der Waals surface area contributed by atoms with Gasteiger partial charge in [-0.1, -0.05) is 18.2 Å². The molecular formula is C18H17N5O. The molecular weight excluding hydrogens is 302 g/mol. The number of pyridine rings is 1. The molecule has 0 unspecified atom stereocenters. The number of carbonyl (C=O) groups excluding carboxylic acids is 1. The second kappa shape index (κ2) is 7.32. The van der Waals surface area contributed by atoms with E-state index in [9.17, 15) is 4.79 Å². The molecule has 0 saturated carbocycles. The van der Waals surface area contributed by atoms with Gasteiger partial charge in [-0.3, -0.25) is 9.78 Å². The third-order valence-electron chi connectivity index (χ3n) is 3.37. The summed E-state index contributed by atoms with van der Waals surface area (Å²) in [6.07, 6.45) is 4.87. The molecule has 6 nitrogen and oxygen atoms in total. The van der Waals surface area contributed by atoms with Crippen molar-refractivity contribution >= 4 is 17.4 Å². The van der Waals surface area contributed by atoms with Gasteiger partial charge in [0.05, 0.1) is 0 Å². The van der Waals surface area contributed by atoms with Crippen LogP contribution in [0.4, 0.5) is 11.5 Å². The quantitative estimate of drug-likeness (QED) is 0.755. The zero-order valence-corrected chi connectivity index (χ0v) is 13.2. The van der Waals surface area contributed by atoms with Crippen molar-refractivity contribution in [3.8, 4) is 0 Å². The highest BCUT2D eigenvalue weighted by molar-refractivity contribution is 6.03. The van der Waals surface area contributed by atoms with E-state index in [0.717, 1.165) is 16.8 Å². The second-order valence-corrected chi connectivity index (χ2v) is 5.33. The van der Waals surface area contributed by atoms with E-state index in [1.165, 1.54) is 6.33 Å². The fraction of sp³-hybridized carbons (Fsp3) is 0.111. The van der Waals surface area contributed by atoms with Crippen LogP contribution in [0.5, 0.6) is 0 Å².